The van der Waals surface area contributed by atoms with Gasteiger partial charge in [-0.25, -0.2) is 0 Å². The Balaban J connectivity index is 1.80. The van der Waals surface area contributed by atoms with Crippen LogP contribution in [0.4, 0.5) is 5.82 Å². The third-order valence-corrected chi connectivity index (χ3v) is 3.17. The number of nitrogens with one attached hydrogen (secondary N) is 1. The van der Waals surface area contributed by atoms with Crippen molar-refractivity contribution in [1.82, 2.24) is 9.78 Å². The molecular weight excluding hydrogens is 234 g/mol. The highest BCUT2D eigenvalue weighted by atomic mass is 16.6. The lowest BCUT2D eigenvalue weighted by Gasteiger charge is -2.15. The van der Waals surface area contributed by atoms with Crippen LogP contribution in [0.5, 0.6) is 0 Å². The summed E-state index contributed by atoms with van der Waals surface area (Å²) in [5.41, 5.74) is 2.23. The molecule has 0 unspecified atom stereocenters. The average molecular weight is 249 g/mol. The van der Waals surface area contributed by atoms with Crippen molar-refractivity contribution >= 4 is 11.7 Å². The topological polar surface area (TPSA) is 65.4 Å². The Morgan fingerprint density at radius 3 is 3.11 bits per heavy atom. The average Bonchev–Trinajstić information content (AvgIpc) is 2.94. The highest BCUT2D eigenvalue weighted by Crippen LogP contribution is 2.28. The van der Waals surface area contributed by atoms with Crippen molar-refractivity contribution in [1.29, 1.82) is 0 Å². The Morgan fingerprint density at radius 2 is 2.33 bits per heavy atom. The summed E-state index contributed by atoms with van der Waals surface area (Å²) >= 11 is 0. The molecule has 2 aliphatic rings. The van der Waals surface area contributed by atoms with E-state index >= 15 is 0 Å². The molecule has 6 heteroatoms. The lowest BCUT2D eigenvalue weighted by atomic mass is 10.2. The Bertz CT molecular complexity index is 519. The standard InChI is InChI=1S/C12H15N3O3/c1-15-11(8-3-2-4-9(8)14-15)13-12(16)10-7-17-5-6-18-10/h7H,2-6H2,1H3,(H,13,16). The number of ether oxygens (including phenoxy) is 2. The van der Waals surface area contributed by atoms with Gasteiger partial charge in [0.2, 0.25) is 5.76 Å². The maximum Gasteiger partial charge on any atom is 0.295 e. The van der Waals surface area contributed by atoms with E-state index in [9.17, 15) is 4.79 Å². The summed E-state index contributed by atoms with van der Waals surface area (Å²) in [5.74, 6) is 0.698. The Morgan fingerprint density at radius 1 is 1.44 bits per heavy atom. The number of carbonyl (C=O) groups excluding carboxylic acids is 1. The third-order valence-electron chi connectivity index (χ3n) is 3.17. The number of aromatic nitrogens is 2. The molecule has 18 heavy (non-hydrogen) atoms. The molecule has 0 radical (unpaired) electrons. The molecule has 3 rings (SSSR count). The maximum absolute atomic E-state index is 12.0. The molecule has 0 bridgehead atoms. The molecule has 1 aromatic rings. The van der Waals surface area contributed by atoms with Gasteiger partial charge in [0.15, 0.2) is 0 Å². The van der Waals surface area contributed by atoms with Gasteiger partial charge in [-0.05, 0) is 19.3 Å². The number of hydrogen-bond donors (Lipinski definition) is 1. The lowest BCUT2D eigenvalue weighted by molar-refractivity contribution is -0.117. The van der Waals surface area contributed by atoms with Crippen molar-refractivity contribution in [3.8, 4) is 0 Å². The van der Waals surface area contributed by atoms with Gasteiger partial charge in [0.1, 0.15) is 25.3 Å². The minimum Gasteiger partial charge on any atom is -0.494 e. The molecule has 1 aliphatic heterocycles. The molecule has 96 valence electrons. The highest BCUT2D eigenvalue weighted by molar-refractivity contribution is 6.02. The number of amides is 1. The van der Waals surface area contributed by atoms with Gasteiger partial charge < -0.3 is 14.8 Å². The number of aryl methyl sites for hydroxylation is 2. The van der Waals surface area contributed by atoms with Crippen LogP contribution in [-0.2, 0) is 34.2 Å². The van der Waals surface area contributed by atoms with Crippen LogP contribution < -0.4 is 5.32 Å². The zero-order valence-corrected chi connectivity index (χ0v) is 10.2. The van der Waals surface area contributed by atoms with Crippen molar-refractivity contribution in [2.75, 3.05) is 18.5 Å². The molecule has 2 heterocycles. The van der Waals surface area contributed by atoms with Crippen molar-refractivity contribution in [3.05, 3.63) is 23.3 Å². The smallest absolute Gasteiger partial charge is 0.295 e. The first-order valence-corrected chi connectivity index (χ1v) is 6.06. The summed E-state index contributed by atoms with van der Waals surface area (Å²) in [6, 6.07) is 0. The molecule has 1 aromatic heterocycles. The minimum atomic E-state index is -0.285. The van der Waals surface area contributed by atoms with Crippen molar-refractivity contribution in [2.45, 2.75) is 19.3 Å². The van der Waals surface area contributed by atoms with Crippen LogP contribution in [0.3, 0.4) is 0 Å². The van der Waals surface area contributed by atoms with E-state index < -0.39 is 0 Å². The normalized spacial score (nSPS) is 17.5. The van der Waals surface area contributed by atoms with Crippen LogP contribution in [0.1, 0.15) is 17.7 Å². The van der Waals surface area contributed by atoms with Gasteiger partial charge in [-0.3, -0.25) is 9.48 Å². The van der Waals surface area contributed by atoms with E-state index in [1.807, 2.05) is 7.05 Å². The fourth-order valence-corrected chi connectivity index (χ4v) is 2.33. The van der Waals surface area contributed by atoms with Crippen molar-refractivity contribution in [3.63, 3.8) is 0 Å². The molecule has 1 N–H and O–H groups in total. The van der Waals surface area contributed by atoms with E-state index in [0.29, 0.717) is 13.2 Å². The highest BCUT2D eigenvalue weighted by Gasteiger charge is 2.24. The van der Waals surface area contributed by atoms with Crippen LogP contribution >= 0.6 is 0 Å². The zero-order chi connectivity index (χ0) is 12.5. The molecule has 0 fully saturated rings. The fourth-order valence-electron chi connectivity index (χ4n) is 2.33. The van der Waals surface area contributed by atoms with E-state index in [-0.39, 0.29) is 11.7 Å². The van der Waals surface area contributed by atoms with Crippen LogP contribution in [0, 0.1) is 0 Å². The van der Waals surface area contributed by atoms with E-state index in [1.165, 1.54) is 6.26 Å². The second kappa shape index (κ2) is 4.36. The van der Waals surface area contributed by atoms with Gasteiger partial charge in [0, 0.05) is 12.6 Å². The van der Waals surface area contributed by atoms with Gasteiger partial charge in [-0.2, -0.15) is 5.10 Å². The predicted octanol–water partition coefficient (Wildman–Crippen LogP) is 0.735. The fraction of sp³-hybridized carbons (Fsp3) is 0.500. The number of carbonyl (C=O) groups is 1. The molecular formula is C12H15N3O3. The second-order valence-electron chi connectivity index (χ2n) is 4.41. The SMILES string of the molecule is Cn1nc2c(c1NC(=O)C1=COCCO1)CCC2. The summed E-state index contributed by atoms with van der Waals surface area (Å²) in [4.78, 5) is 12.0. The molecule has 0 spiro atoms. The zero-order valence-electron chi connectivity index (χ0n) is 10.2. The Hall–Kier alpha value is -1.98. The van der Waals surface area contributed by atoms with Crippen LogP contribution in [0.25, 0.3) is 0 Å². The van der Waals surface area contributed by atoms with E-state index in [4.69, 9.17) is 9.47 Å². The summed E-state index contributed by atoms with van der Waals surface area (Å²) in [6.07, 6.45) is 4.41. The number of rotatable bonds is 2. The summed E-state index contributed by atoms with van der Waals surface area (Å²) in [5, 5.41) is 7.25. The van der Waals surface area contributed by atoms with E-state index in [1.54, 1.807) is 4.68 Å². The third kappa shape index (κ3) is 1.83. The first-order chi connectivity index (χ1) is 8.75. The van der Waals surface area contributed by atoms with Gasteiger partial charge in [-0.1, -0.05) is 0 Å². The monoisotopic (exact) mass is 249 g/mol. The summed E-state index contributed by atoms with van der Waals surface area (Å²) in [7, 11) is 1.83. The molecule has 0 aromatic carbocycles. The molecule has 0 saturated heterocycles. The molecule has 0 saturated carbocycles. The summed E-state index contributed by atoms with van der Waals surface area (Å²) < 4.78 is 12.0. The quantitative estimate of drug-likeness (QED) is 0.839. The lowest BCUT2D eigenvalue weighted by Crippen LogP contribution is -2.22. The van der Waals surface area contributed by atoms with Crippen molar-refractivity contribution in [2.24, 2.45) is 7.05 Å². The first kappa shape index (κ1) is 11.1. The molecule has 1 aliphatic carbocycles. The number of hydrogen-bond acceptors (Lipinski definition) is 4. The largest absolute Gasteiger partial charge is 0.494 e. The Kier molecular flexibility index (Phi) is 2.70. The minimum absolute atomic E-state index is 0.217. The molecule has 6 nitrogen and oxygen atoms in total. The Labute approximate surface area is 105 Å². The molecule has 1 amide bonds. The number of fused-ring (bicyclic) bond motifs is 1. The van der Waals surface area contributed by atoms with Gasteiger partial charge in [-0.15, -0.1) is 0 Å². The maximum atomic E-state index is 12.0. The first-order valence-electron chi connectivity index (χ1n) is 6.06. The van der Waals surface area contributed by atoms with E-state index in [0.717, 1.165) is 36.3 Å². The van der Waals surface area contributed by atoms with Crippen LogP contribution in [-0.4, -0.2) is 28.9 Å². The summed E-state index contributed by atoms with van der Waals surface area (Å²) in [6.45, 7) is 0.890. The van der Waals surface area contributed by atoms with Gasteiger partial charge in [0.25, 0.3) is 5.91 Å². The van der Waals surface area contributed by atoms with Crippen LogP contribution in [0.15, 0.2) is 12.0 Å². The molecule has 0 atom stereocenters. The van der Waals surface area contributed by atoms with Gasteiger partial charge in [0.05, 0.1) is 5.69 Å². The van der Waals surface area contributed by atoms with Gasteiger partial charge >= 0.3 is 0 Å². The van der Waals surface area contributed by atoms with Crippen LogP contribution in [0.2, 0.25) is 0 Å². The number of anilines is 1. The van der Waals surface area contributed by atoms with E-state index in [2.05, 4.69) is 10.4 Å². The number of nitrogens with zero attached hydrogens (tertiary/aromatic N) is 2. The predicted molar refractivity (Wildman–Crippen MR) is 63.8 cm³/mol. The second-order valence-corrected chi connectivity index (χ2v) is 4.41. The van der Waals surface area contributed by atoms with Crippen molar-refractivity contribution < 1.29 is 14.3 Å².